The number of nitrogens with zero attached hydrogens (tertiary/aromatic N) is 1. The number of hydrogen-bond donors (Lipinski definition) is 0. The van der Waals surface area contributed by atoms with Gasteiger partial charge in [0.1, 0.15) is 10.1 Å². The van der Waals surface area contributed by atoms with E-state index in [2.05, 4.69) is 15.9 Å². The van der Waals surface area contributed by atoms with Crippen molar-refractivity contribution in [2.45, 2.75) is 5.25 Å². The number of thiocyanates is 1. The van der Waals surface area contributed by atoms with Gasteiger partial charge in [0, 0.05) is 0 Å². The van der Waals surface area contributed by atoms with Crippen LogP contribution in [-0.2, 0) is 9.84 Å². The number of alkyl halides is 1. The zero-order valence-electron chi connectivity index (χ0n) is 8.34. The Morgan fingerprint density at radius 2 is 2.00 bits per heavy atom. The Hall–Kier alpha value is -0.510. The lowest BCUT2D eigenvalue weighted by atomic mass is 10.2. The normalized spacial score (nSPS) is 13.0. The van der Waals surface area contributed by atoms with Crippen LogP contribution in [0.25, 0.3) is 0 Å². The fourth-order valence-electron chi connectivity index (χ4n) is 1.20. The Balaban J connectivity index is 2.90. The lowest BCUT2D eigenvalue weighted by molar-refractivity contribution is 0.600. The first-order valence-electron chi connectivity index (χ1n) is 4.45. The third-order valence-electron chi connectivity index (χ3n) is 1.94. The van der Waals surface area contributed by atoms with Crippen LogP contribution in [0.15, 0.2) is 30.3 Å². The number of rotatable bonds is 5. The third-order valence-corrected chi connectivity index (χ3v) is 6.24. The van der Waals surface area contributed by atoms with Crippen molar-refractivity contribution >= 4 is 37.5 Å². The highest BCUT2D eigenvalue weighted by molar-refractivity contribution is 9.10. The number of benzene rings is 1. The van der Waals surface area contributed by atoms with Crippen molar-refractivity contribution in [3.05, 3.63) is 35.9 Å². The fourth-order valence-corrected chi connectivity index (χ4v) is 3.82. The van der Waals surface area contributed by atoms with E-state index < -0.39 is 9.84 Å². The molecule has 0 radical (unpaired) electrons. The fraction of sp³-hybridized carbons (Fsp3) is 0.300. The Bertz CT molecular complexity index is 467. The van der Waals surface area contributed by atoms with Gasteiger partial charge >= 0.3 is 0 Å². The van der Waals surface area contributed by atoms with Crippen molar-refractivity contribution in [1.82, 2.24) is 0 Å². The number of nitriles is 1. The highest BCUT2D eigenvalue weighted by Gasteiger charge is 2.20. The Morgan fingerprint density at radius 1 is 1.38 bits per heavy atom. The van der Waals surface area contributed by atoms with Crippen LogP contribution in [-0.4, -0.2) is 18.8 Å². The van der Waals surface area contributed by atoms with Crippen molar-refractivity contribution in [2.24, 2.45) is 0 Å². The minimum atomic E-state index is -3.14. The first kappa shape index (κ1) is 13.6. The van der Waals surface area contributed by atoms with Crippen molar-refractivity contribution < 1.29 is 8.42 Å². The molecule has 0 aliphatic rings. The molecular weight excluding hydrogens is 310 g/mol. The molecule has 0 fully saturated rings. The van der Waals surface area contributed by atoms with Crippen molar-refractivity contribution in [2.75, 3.05) is 10.4 Å². The third kappa shape index (κ3) is 4.16. The Morgan fingerprint density at radius 3 is 2.50 bits per heavy atom. The van der Waals surface area contributed by atoms with Gasteiger partial charge < -0.3 is 0 Å². The zero-order chi connectivity index (χ0) is 12.0. The highest BCUT2D eigenvalue weighted by atomic mass is 79.9. The van der Waals surface area contributed by atoms with Gasteiger partial charge in [0.05, 0.1) is 11.0 Å². The van der Waals surface area contributed by atoms with Crippen molar-refractivity contribution in [1.29, 1.82) is 5.26 Å². The topological polar surface area (TPSA) is 57.9 Å². The number of hydrogen-bond acceptors (Lipinski definition) is 4. The van der Waals surface area contributed by atoms with Gasteiger partial charge in [-0.15, -0.1) is 0 Å². The van der Waals surface area contributed by atoms with Gasteiger partial charge in [-0.2, -0.15) is 5.26 Å². The quantitative estimate of drug-likeness (QED) is 0.618. The maximum absolute atomic E-state index is 11.5. The van der Waals surface area contributed by atoms with Gasteiger partial charge in [0.2, 0.25) is 0 Å². The molecular formula is C10H10BrNO2S2. The summed E-state index contributed by atoms with van der Waals surface area (Å²) in [6.45, 7) is 0. The van der Waals surface area contributed by atoms with E-state index in [0.29, 0.717) is 0 Å². The van der Waals surface area contributed by atoms with E-state index in [4.69, 9.17) is 5.26 Å². The first-order valence-corrected chi connectivity index (χ1v) is 8.27. The molecule has 0 aliphatic heterocycles. The number of thioether (sulfide) groups is 1. The molecule has 0 N–H and O–H groups in total. The van der Waals surface area contributed by atoms with Crippen LogP contribution in [0.3, 0.4) is 0 Å². The SMILES string of the molecule is N#CSC(CS(=O)(=O)CBr)c1ccccc1. The summed E-state index contributed by atoms with van der Waals surface area (Å²) in [7, 11) is -3.14. The van der Waals surface area contributed by atoms with Crippen molar-refractivity contribution in [3.63, 3.8) is 0 Å². The van der Waals surface area contributed by atoms with E-state index in [1.807, 2.05) is 35.7 Å². The van der Waals surface area contributed by atoms with Gasteiger partial charge in [0.25, 0.3) is 0 Å². The molecule has 6 heteroatoms. The lowest BCUT2D eigenvalue weighted by Gasteiger charge is -2.12. The summed E-state index contributed by atoms with van der Waals surface area (Å²) < 4.78 is 22.9. The molecule has 0 spiro atoms. The van der Waals surface area contributed by atoms with Crippen LogP contribution >= 0.6 is 27.7 Å². The summed E-state index contributed by atoms with van der Waals surface area (Å²) in [6, 6.07) is 9.19. The van der Waals surface area contributed by atoms with E-state index in [-0.39, 0.29) is 15.7 Å². The van der Waals surface area contributed by atoms with Crippen LogP contribution in [0.4, 0.5) is 0 Å². The largest absolute Gasteiger partial charge is 0.228 e. The van der Waals surface area contributed by atoms with Crippen LogP contribution in [0.2, 0.25) is 0 Å². The minimum Gasteiger partial charge on any atom is -0.228 e. The van der Waals surface area contributed by atoms with Gasteiger partial charge in [-0.05, 0) is 17.3 Å². The van der Waals surface area contributed by atoms with E-state index in [9.17, 15) is 8.42 Å². The molecule has 1 rings (SSSR count). The van der Waals surface area contributed by atoms with E-state index in [1.165, 1.54) is 0 Å². The number of halogens is 1. The molecule has 0 amide bonds. The molecule has 1 unspecified atom stereocenters. The van der Waals surface area contributed by atoms with E-state index in [1.54, 1.807) is 0 Å². The summed E-state index contributed by atoms with van der Waals surface area (Å²) in [6.07, 6.45) is 0. The van der Waals surface area contributed by atoms with Gasteiger partial charge in [-0.25, -0.2) is 8.42 Å². The first-order chi connectivity index (χ1) is 7.59. The molecule has 1 aromatic carbocycles. The predicted molar refractivity (Wildman–Crippen MR) is 70.0 cm³/mol. The smallest absolute Gasteiger partial charge is 0.161 e. The second kappa shape index (κ2) is 6.28. The van der Waals surface area contributed by atoms with E-state index >= 15 is 0 Å². The van der Waals surface area contributed by atoms with Gasteiger partial charge in [0.15, 0.2) is 9.84 Å². The van der Waals surface area contributed by atoms with Crippen LogP contribution in [0.1, 0.15) is 10.8 Å². The average molecular weight is 320 g/mol. The molecule has 0 saturated heterocycles. The molecule has 0 bridgehead atoms. The summed E-state index contributed by atoms with van der Waals surface area (Å²) in [5, 5.41) is 10.3. The second-order valence-electron chi connectivity index (χ2n) is 3.13. The number of sulfone groups is 1. The molecule has 3 nitrogen and oxygen atoms in total. The summed E-state index contributed by atoms with van der Waals surface area (Å²) in [5.41, 5.74) is 0.860. The summed E-state index contributed by atoms with van der Waals surface area (Å²) in [5.74, 6) is -0.0273. The molecule has 0 aromatic heterocycles. The maximum atomic E-state index is 11.5. The summed E-state index contributed by atoms with van der Waals surface area (Å²) in [4.78, 5) is 0. The predicted octanol–water partition coefficient (Wildman–Crippen LogP) is 2.71. The lowest BCUT2D eigenvalue weighted by Crippen LogP contribution is -2.13. The molecule has 0 aliphatic carbocycles. The monoisotopic (exact) mass is 319 g/mol. The van der Waals surface area contributed by atoms with Crippen LogP contribution in [0, 0.1) is 10.7 Å². The molecule has 1 atom stereocenters. The van der Waals surface area contributed by atoms with Crippen molar-refractivity contribution in [3.8, 4) is 5.40 Å². The molecule has 16 heavy (non-hydrogen) atoms. The molecule has 0 saturated carbocycles. The zero-order valence-corrected chi connectivity index (χ0v) is 11.6. The standard InChI is InChI=1S/C10H10BrNO2S2/c11-7-16(13,14)6-10(15-8-12)9-4-2-1-3-5-9/h1-5,10H,6-7H2. The molecule has 0 heterocycles. The average Bonchev–Trinajstić information content (AvgIpc) is 2.29. The summed E-state index contributed by atoms with van der Waals surface area (Å²) >= 11 is 3.92. The van der Waals surface area contributed by atoms with Gasteiger partial charge in [-0.1, -0.05) is 46.3 Å². The Kier molecular flexibility index (Phi) is 5.32. The van der Waals surface area contributed by atoms with E-state index in [0.717, 1.165) is 17.3 Å². The highest BCUT2D eigenvalue weighted by Crippen LogP contribution is 2.29. The van der Waals surface area contributed by atoms with Gasteiger partial charge in [-0.3, -0.25) is 0 Å². The van der Waals surface area contributed by atoms with Crippen LogP contribution < -0.4 is 0 Å². The molecule has 1 aromatic rings. The second-order valence-corrected chi connectivity index (χ2v) is 7.53. The Labute approximate surface area is 108 Å². The minimum absolute atomic E-state index is 0.0273. The van der Waals surface area contributed by atoms with Crippen LogP contribution in [0.5, 0.6) is 0 Å². The maximum Gasteiger partial charge on any atom is 0.161 e. The molecule has 86 valence electrons.